The number of nitrogens with zero attached hydrogens (tertiary/aromatic N) is 2. The summed E-state index contributed by atoms with van der Waals surface area (Å²) in [5.74, 6) is -0.0702. The van der Waals surface area contributed by atoms with Gasteiger partial charge in [0.25, 0.3) is 0 Å². The molecule has 98 valence electrons. The van der Waals surface area contributed by atoms with Crippen molar-refractivity contribution < 1.29 is 14.3 Å². The van der Waals surface area contributed by atoms with Crippen LogP contribution in [-0.2, 0) is 4.74 Å². The number of hydrogen-bond donors (Lipinski definition) is 0. The smallest absolute Gasteiger partial charge is 0.339 e. The molecular formula is C13H11ClN2O3. The fraction of sp³-hybridized carbons (Fsp3) is 0.154. The molecule has 0 aliphatic rings. The van der Waals surface area contributed by atoms with Gasteiger partial charge in [0.05, 0.1) is 30.5 Å². The van der Waals surface area contributed by atoms with Gasteiger partial charge < -0.3 is 9.47 Å². The highest BCUT2D eigenvalue weighted by Gasteiger charge is 2.12. The van der Waals surface area contributed by atoms with E-state index in [9.17, 15) is 4.79 Å². The molecular weight excluding hydrogens is 268 g/mol. The Bertz CT molecular complexity index is 599. The minimum atomic E-state index is -0.492. The molecule has 0 bridgehead atoms. The molecule has 19 heavy (non-hydrogen) atoms. The lowest BCUT2D eigenvalue weighted by Gasteiger charge is -2.06. The van der Waals surface area contributed by atoms with Crippen molar-refractivity contribution in [2.45, 2.75) is 0 Å². The Morgan fingerprint density at radius 2 is 1.95 bits per heavy atom. The van der Waals surface area contributed by atoms with E-state index in [1.807, 2.05) is 0 Å². The van der Waals surface area contributed by atoms with E-state index < -0.39 is 5.97 Å². The Morgan fingerprint density at radius 3 is 2.53 bits per heavy atom. The van der Waals surface area contributed by atoms with E-state index in [0.717, 1.165) is 5.56 Å². The summed E-state index contributed by atoms with van der Waals surface area (Å²) in [5, 5.41) is 8.21. The van der Waals surface area contributed by atoms with Crippen molar-refractivity contribution in [3.05, 3.63) is 40.9 Å². The molecule has 0 fully saturated rings. The van der Waals surface area contributed by atoms with Gasteiger partial charge in [-0.2, -0.15) is 0 Å². The lowest BCUT2D eigenvalue weighted by molar-refractivity contribution is 0.0601. The molecule has 1 aromatic carbocycles. The third kappa shape index (κ3) is 2.82. The molecule has 0 amide bonds. The van der Waals surface area contributed by atoms with Crippen LogP contribution < -0.4 is 4.74 Å². The van der Waals surface area contributed by atoms with Crippen LogP contribution in [0, 0.1) is 0 Å². The van der Waals surface area contributed by atoms with E-state index in [-0.39, 0.29) is 0 Å². The number of carbonyl (C=O) groups is 1. The molecule has 0 atom stereocenters. The molecule has 6 heteroatoms. The Morgan fingerprint density at radius 1 is 1.16 bits per heavy atom. The standard InChI is InChI=1S/C13H11ClN2O3/c1-18-12-6-5-11(15-16-12)8-3-4-10(14)9(7-8)13(17)19-2/h3-7H,1-2H3. The molecule has 0 radical (unpaired) electrons. The first-order valence-corrected chi connectivity index (χ1v) is 5.79. The quantitative estimate of drug-likeness (QED) is 0.808. The SMILES string of the molecule is COC(=O)c1cc(-c2ccc(OC)nn2)ccc1Cl. The molecule has 2 rings (SSSR count). The summed E-state index contributed by atoms with van der Waals surface area (Å²) < 4.78 is 9.60. The van der Waals surface area contributed by atoms with Crippen LogP contribution in [0.5, 0.6) is 5.88 Å². The number of hydrogen-bond acceptors (Lipinski definition) is 5. The highest BCUT2D eigenvalue weighted by molar-refractivity contribution is 6.33. The highest BCUT2D eigenvalue weighted by Crippen LogP contribution is 2.24. The predicted octanol–water partition coefficient (Wildman–Crippen LogP) is 2.59. The second-order valence-electron chi connectivity index (χ2n) is 3.65. The van der Waals surface area contributed by atoms with E-state index >= 15 is 0 Å². The maximum atomic E-state index is 11.6. The van der Waals surface area contributed by atoms with Gasteiger partial charge in [0.15, 0.2) is 0 Å². The summed E-state index contributed by atoms with van der Waals surface area (Å²) in [6.45, 7) is 0. The van der Waals surface area contributed by atoms with Gasteiger partial charge in [-0.15, -0.1) is 10.2 Å². The summed E-state index contributed by atoms with van der Waals surface area (Å²) in [4.78, 5) is 11.6. The monoisotopic (exact) mass is 278 g/mol. The van der Waals surface area contributed by atoms with Crippen molar-refractivity contribution in [2.75, 3.05) is 14.2 Å². The highest BCUT2D eigenvalue weighted by atomic mass is 35.5. The fourth-order valence-corrected chi connectivity index (χ4v) is 1.73. The van der Waals surface area contributed by atoms with E-state index in [1.54, 1.807) is 30.3 Å². The Hall–Kier alpha value is -2.14. The number of methoxy groups -OCH3 is 2. The van der Waals surface area contributed by atoms with Crippen molar-refractivity contribution in [3.63, 3.8) is 0 Å². The molecule has 1 aromatic heterocycles. The number of aromatic nitrogens is 2. The van der Waals surface area contributed by atoms with Crippen LogP contribution in [0.4, 0.5) is 0 Å². The zero-order valence-corrected chi connectivity index (χ0v) is 11.1. The Labute approximate surface area is 115 Å². The number of esters is 1. The Balaban J connectivity index is 2.42. The van der Waals surface area contributed by atoms with Crippen molar-refractivity contribution in [1.29, 1.82) is 0 Å². The largest absolute Gasteiger partial charge is 0.480 e. The van der Waals surface area contributed by atoms with Gasteiger partial charge in [-0.05, 0) is 18.2 Å². The van der Waals surface area contributed by atoms with Crippen LogP contribution in [0.25, 0.3) is 11.3 Å². The maximum Gasteiger partial charge on any atom is 0.339 e. The molecule has 0 spiro atoms. The minimum absolute atomic E-state index is 0.291. The molecule has 2 aromatic rings. The van der Waals surface area contributed by atoms with Crippen LogP contribution in [-0.4, -0.2) is 30.4 Å². The average Bonchev–Trinajstić information content (AvgIpc) is 2.47. The lowest BCUT2D eigenvalue weighted by Crippen LogP contribution is -2.02. The van der Waals surface area contributed by atoms with Gasteiger partial charge >= 0.3 is 5.97 Å². The van der Waals surface area contributed by atoms with Gasteiger partial charge in [0.2, 0.25) is 5.88 Å². The van der Waals surface area contributed by atoms with Crippen LogP contribution in [0.3, 0.4) is 0 Å². The van der Waals surface area contributed by atoms with Gasteiger partial charge in [0.1, 0.15) is 0 Å². The summed E-state index contributed by atoms with van der Waals surface area (Å²) >= 11 is 5.95. The molecule has 0 aliphatic carbocycles. The number of halogens is 1. The summed E-state index contributed by atoms with van der Waals surface area (Å²) in [7, 11) is 2.82. The first-order valence-electron chi connectivity index (χ1n) is 5.41. The zero-order chi connectivity index (χ0) is 13.8. The van der Waals surface area contributed by atoms with Crippen LogP contribution in [0.1, 0.15) is 10.4 Å². The van der Waals surface area contributed by atoms with Crippen molar-refractivity contribution in [1.82, 2.24) is 10.2 Å². The molecule has 0 unspecified atom stereocenters. The molecule has 0 saturated carbocycles. The maximum absolute atomic E-state index is 11.6. The van der Waals surface area contributed by atoms with E-state index in [2.05, 4.69) is 14.9 Å². The Kier molecular flexibility index (Phi) is 3.97. The first-order chi connectivity index (χ1) is 9.15. The number of ether oxygens (including phenoxy) is 2. The molecule has 5 nitrogen and oxygen atoms in total. The summed E-state index contributed by atoms with van der Waals surface area (Å²) in [6, 6.07) is 8.43. The number of rotatable bonds is 3. The van der Waals surface area contributed by atoms with Gasteiger partial charge in [-0.3, -0.25) is 0 Å². The van der Waals surface area contributed by atoms with E-state index in [1.165, 1.54) is 14.2 Å². The third-order valence-corrected chi connectivity index (χ3v) is 2.85. The zero-order valence-electron chi connectivity index (χ0n) is 10.4. The molecule has 1 heterocycles. The number of carbonyl (C=O) groups excluding carboxylic acids is 1. The van der Waals surface area contributed by atoms with Crippen molar-refractivity contribution in [3.8, 4) is 17.1 Å². The molecule has 0 aliphatic heterocycles. The van der Waals surface area contributed by atoms with Gasteiger partial charge in [-0.1, -0.05) is 17.7 Å². The van der Waals surface area contributed by atoms with Crippen molar-refractivity contribution >= 4 is 17.6 Å². The fourth-order valence-electron chi connectivity index (χ4n) is 1.53. The normalized spacial score (nSPS) is 10.1. The van der Waals surface area contributed by atoms with Gasteiger partial charge in [0, 0.05) is 11.6 Å². The van der Waals surface area contributed by atoms with Crippen LogP contribution in [0.2, 0.25) is 5.02 Å². The predicted molar refractivity (Wildman–Crippen MR) is 70.4 cm³/mol. The van der Waals surface area contributed by atoms with Gasteiger partial charge in [-0.25, -0.2) is 4.79 Å². The first kappa shape index (κ1) is 13.3. The van der Waals surface area contributed by atoms with Crippen LogP contribution in [0.15, 0.2) is 30.3 Å². The number of benzene rings is 1. The van der Waals surface area contributed by atoms with Crippen molar-refractivity contribution in [2.24, 2.45) is 0 Å². The summed E-state index contributed by atoms with van der Waals surface area (Å²) in [5.41, 5.74) is 1.63. The topological polar surface area (TPSA) is 61.3 Å². The lowest BCUT2D eigenvalue weighted by atomic mass is 10.1. The molecule has 0 saturated heterocycles. The summed E-state index contributed by atoms with van der Waals surface area (Å²) in [6.07, 6.45) is 0. The average molecular weight is 279 g/mol. The molecule has 0 N–H and O–H groups in total. The second-order valence-corrected chi connectivity index (χ2v) is 4.05. The van der Waals surface area contributed by atoms with Crippen LogP contribution >= 0.6 is 11.6 Å². The minimum Gasteiger partial charge on any atom is -0.480 e. The third-order valence-electron chi connectivity index (χ3n) is 2.52. The van der Waals surface area contributed by atoms with E-state index in [0.29, 0.717) is 22.2 Å². The van der Waals surface area contributed by atoms with E-state index in [4.69, 9.17) is 16.3 Å². The second kappa shape index (κ2) is 5.67.